The number of ether oxygens (including phenoxy) is 1. The largest absolute Gasteiger partial charge is 0.371 e. The molecule has 0 bridgehead atoms. The lowest BCUT2D eigenvalue weighted by molar-refractivity contribution is -0.0333. The van der Waals surface area contributed by atoms with E-state index < -0.39 is 0 Å². The molecular formula is C18H19ClN4O. The lowest BCUT2D eigenvalue weighted by atomic mass is 10.1. The van der Waals surface area contributed by atoms with Gasteiger partial charge in [0.2, 0.25) is 0 Å². The molecule has 0 amide bonds. The molecule has 24 heavy (non-hydrogen) atoms. The molecule has 0 saturated carbocycles. The summed E-state index contributed by atoms with van der Waals surface area (Å²) in [5.74, 6) is 0. The predicted molar refractivity (Wildman–Crippen MR) is 93.9 cm³/mol. The molecule has 1 saturated heterocycles. The van der Waals surface area contributed by atoms with Crippen molar-refractivity contribution in [3.63, 3.8) is 0 Å². The minimum absolute atomic E-state index is 0.0536. The van der Waals surface area contributed by atoms with E-state index in [4.69, 9.17) is 16.3 Å². The number of nitrogens with zero attached hydrogens (tertiary/aromatic N) is 4. The number of pyridine rings is 1. The Morgan fingerprint density at radius 1 is 1.29 bits per heavy atom. The number of rotatable bonds is 3. The first-order valence-corrected chi connectivity index (χ1v) is 8.44. The summed E-state index contributed by atoms with van der Waals surface area (Å²) in [6, 6.07) is 9.95. The molecule has 1 atom stereocenters. The van der Waals surface area contributed by atoms with Crippen molar-refractivity contribution in [2.75, 3.05) is 19.7 Å². The topological polar surface area (TPSA) is 43.2 Å². The van der Waals surface area contributed by atoms with Crippen molar-refractivity contribution in [1.29, 1.82) is 0 Å². The quantitative estimate of drug-likeness (QED) is 0.733. The van der Waals surface area contributed by atoms with Crippen molar-refractivity contribution in [1.82, 2.24) is 19.7 Å². The first-order chi connectivity index (χ1) is 11.7. The third-order valence-corrected chi connectivity index (χ3v) is 4.79. The van der Waals surface area contributed by atoms with Crippen molar-refractivity contribution in [3.8, 4) is 0 Å². The van der Waals surface area contributed by atoms with Crippen LogP contribution in [0, 0.1) is 0 Å². The van der Waals surface area contributed by atoms with Gasteiger partial charge in [0.05, 0.1) is 28.9 Å². The Bertz CT molecular complexity index is 849. The summed E-state index contributed by atoms with van der Waals surface area (Å²) in [6.45, 7) is 3.19. The van der Waals surface area contributed by atoms with E-state index in [0.29, 0.717) is 6.61 Å². The molecule has 1 aliphatic heterocycles. The van der Waals surface area contributed by atoms with Gasteiger partial charge < -0.3 is 4.74 Å². The molecule has 0 aliphatic carbocycles. The van der Waals surface area contributed by atoms with Crippen LogP contribution in [0.3, 0.4) is 0 Å². The second kappa shape index (κ2) is 6.51. The minimum atomic E-state index is 0.0536. The van der Waals surface area contributed by atoms with Crippen LogP contribution in [0.5, 0.6) is 0 Å². The number of aryl methyl sites for hydroxylation is 1. The molecule has 1 aromatic carbocycles. The maximum Gasteiger partial charge on any atom is 0.0967 e. The van der Waals surface area contributed by atoms with E-state index in [0.717, 1.165) is 46.8 Å². The Hall–Kier alpha value is -1.95. The van der Waals surface area contributed by atoms with Gasteiger partial charge >= 0.3 is 0 Å². The molecule has 3 aromatic rings. The molecule has 4 rings (SSSR count). The van der Waals surface area contributed by atoms with Gasteiger partial charge in [0.1, 0.15) is 0 Å². The number of fused-ring (bicyclic) bond motifs is 1. The fourth-order valence-electron chi connectivity index (χ4n) is 3.29. The zero-order valence-electron chi connectivity index (χ0n) is 13.5. The summed E-state index contributed by atoms with van der Waals surface area (Å²) < 4.78 is 7.81. The molecule has 1 fully saturated rings. The molecule has 0 N–H and O–H groups in total. The number of benzene rings is 1. The van der Waals surface area contributed by atoms with E-state index in [2.05, 4.69) is 27.1 Å². The molecular weight excluding hydrogens is 324 g/mol. The zero-order chi connectivity index (χ0) is 16.5. The van der Waals surface area contributed by atoms with Crippen LogP contribution in [0.1, 0.15) is 17.4 Å². The number of aromatic nitrogens is 3. The monoisotopic (exact) mass is 342 g/mol. The van der Waals surface area contributed by atoms with Gasteiger partial charge in [-0.25, -0.2) is 0 Å². The highest BCUT2D eigenvalue weighted by molar-refractivity contribution is 6.35. The van der Waals surface area contributed by atoms with Gasteiger partial charge in [-0.2, -0.15) is 5.10 Å². The van der Waals surface area contributed by atoms with Gasteiger partial charge in [0.15, 0.2) is 0 Å². The highest BCUT2D eigenvalue weighted by Crippen LogP contribution is 2.28. The Labute approximate surface area is 145 Å². The third kappa shape index (κ3) is 2.90. The maximum atomic E-state index is 6.41. The van der Waals surface area contributed by atoms with Crippen LogP contribution in [0.25, 0.3) is 10.9 Å². The Morgan fingerprint density at radius 3 is 3.04 bits per heavy atom. The summed E-state index contributed by atoms with van der Waals surface area (Å²) in [5, 5.41) is 6.48. The lowest BCUT2D eigenvalue weighted by Gasteiger charge is -2.32. The molecule has 3 heterocycles. The zero-order valence-corrected chi connectivity index (χ0v) is 14.3. The molecule has 1 aliphatic rings. The van der Waals surface area contributed by atoms with Crippen LogP contribution in [0.4, 0.5) is 0 Å². The SMILES string of the molecule is Cn1nc(CN2CCOC(c3cccnc3)C2)c2c(Cl)cccc21. The van der Waals surface area contributed by atoms with Gasteiger partial charge in [-0.05, 0) is 18.2 Å². The first-order valence-electron chi connectivity index (χ1n) is 8.06. The van der Waals surface area contributed by atoms with Crippen LogP contribution in [-0.2, 0) is 18.3 Å². The van der Waals surface area contributed by atoms with Gasteiger partial charge in [-0.15, -0.1) is 0 Å². The molecule has 124 valence electrons. The normalized spacial score (nSPS) is 19.0. The second-order valence-electron chi connectivity index (χ2n) is 6.09. The average Bonchev–Trinajstić information content (AvgIpc) is 2.93. The Balaban J connectivity index is 1.57. The molecule has 0 spiro atoms. The molecule has 2 aromatic heterocycles. The van der Waals surface area contributed by atoms with Gasteiger partial charge in [0, 0.05) is 50.0 Å². The fraction of sp³-hybridized carbons (Fsp3) is 0.333. The van der Waals surface area contributed by atoms with E-state index in [-0.39, 0.29) is 6.10 Å². The van der Waals surface area contributed by atoms with Crippen molar-refractivity contribution >= 4 is 22.5 Å². The van der Waals surface area contributed by atoms with Crippen molar-refractivity contribution < 1.29 is 4.74 Å². The van der Waals surface area contributed by atoms with Crippen molar-refractivity contribution in [2.24, 2.45) is 7.05 Å². The van der Waals surface area contributed by atoms with Crippen molar-refractivity contribution in [3.05, 3.63) is 59.0 Å². The van der Waals surface area contributed by atoms with Crippen molar-refractivity contribution in [2.45, 2.75) is 12.6 Å². The fourth-order valence-corrected chi connectivity index (χ4v) is 3.57. The standard InChI is InChI=1S/C18H19ClN4O/c1-22-16-6-2-5-14(19)18(16)15(21-22)11-23-8-9-24-17(12-23)13-4-3-7-20-10-13/h2-7,10,17H,8-9,11-12H2,1H3. The average molecular weight is 343 g/mol. The summed E-state index contributed by atoms with van der Waals surface area (Å²) in [5.41, 5.74) is 3.20. The molecule has 1 unspecified atom stereocenters. The highest BCUT2D eigenvalue weighted by atomic mass is 35.5. The van der Waals surface area contributed by atoms with Crippen LogP contribution in [-0.4, -0.2) is 39.4 Å². The lowest BCUT2D eigenvalue weighted by Crippen LogP contribution is -2.38. The van der Waals surface area contributed by atoms with Gasteiger partial charge in [-0.3, -0.25) is 14.6 Å². The summed E-state index contributed by atoms with van der Waals surface area (Å²) in [6.07, 6.45) is 3.71. The van der Waals surface area contributed by atoms with E-state index in [9.17, 15) is 0 Å². The molecule has 6 heteroatoms. The second-order valence-corrected chi connectivity index (χ2v) is 6.49. The predicted octanol–water partition coefficient (Wildman–Crippen LogP) is 3.20. The summed E-state index contributed by atoms with van der Waals surface area (Å²) in [7, 11) is 1.96. The number of hydrogen-bond acceptors (Lipinski definition) is 4. The van der Waals surface area contributed by atoms with Crippen LogP contribution in [0.2, 0.25) is 5.02 Å². The minimum Gasteiger partial charge on any atom is -0.371 e. The van der Waals surface area contributed by atoms with Crippen LogP contribution in [0.15, 0.2) is 42.7 Å². The van der Waals surface area contributed by atoms with E-state index in [1.54, 1.807) is 6.20 Å². The highest BCUT2D eigenvalue weighted by Gasteiger charge is 2.24. The number of halogens is 1. The Morgan fingerprint density at radius 2 is 2.21 bits per heavy atom. The molecule has 5 nitrogen and oxygen atoms in total. The molecule has 0 radical (unpaired) electrons. The van der Waals surface area contributed by atoms with E-state index in [1.165, 1.54) is 0 Å². The summed E-state index contributed by atoms with van der Waals surface area (Å²) in [4.78, 5) is 6.56. The van der Waals surface area contributed by atoms with Crippen LogP contribution < -0.4 is 0 Å². The smallest absolute Gasteiger partial charge is 0.0967 e. The Kier molecular flexibility index (Phi) is 4.22. The number of hydrogen-bond donors (Lipinski definition) is 0. The third-order valence-electron chi connectivity index (χ3n) is 4.48. The maximum absolute atomic E-state index is 6.41. The van der Waals surface area contributed by atoms with Gasteiger partial charge in [0.25, 0.3) is 0 Å². The van der Waals surface area contributed by atoms with Crippen LogP contribution >= 0.6 is 11.6 Å². The van der Waals surface area contributed by atoms with E-state index >= 15 is 0 Å². The first kappa shape index (κ1) is 15.6. The number of morpholine rings is 1. The summed E-state index contributed by atoms with van der Waals surface area (Å²) >= 11 is 6.41. The van der Waals surface area contributed by atoms with E-state index in [1.807, 2.05) is 36.1 Å². The van der Waals surface area contributed by atoms with Gasteiger partial charge in [-0.1, -0.05) is 23.7 Å².